The minimum atomic E-state index is -0.00895. The molecule has 2 atom stereocenters. The molecule has 0 saturated carbocycles. The number of hydrogen-bond donors (Lipinski definition) is 1. The SMILES string of the molecule is C=C1CCC(c2ccccc2)=CC=C1n1c2ccccc2c2ccc3c(c21)C(C)(C)C(C1C=CCCC1)N3. The molecule has 1 aromatic heterocycles. The molecule has 1 N–H and O–H groups in total. The Hall–Kier alpha value is -3.78. The molecule has 2 heterocycles. The Morgan fingerprint density at radius 3 is 2.53 bits per heavy atom. The van der Waals surface area contributed by atoms with Gasteiger partial charge in [-0.1, -0.05) is 93.3 Å². The summed E-state index contributed by atoms with van der Waals surface area (Å²) in [6, 6.07) is 24.7. The van der Waals surface area contributed by atoms with Crippen molar-refractivity contribution in [2.45, 2.75) is 57.4 Å². The van der Waals surface area contributed by atoms with Gasteiger partial charge in [-0.05, 0) is 72.9 Å². The van der Waals surface area contributed by atoms with Crippen LogP contribution in [0.5, 0.6) is 0 Å². The Morgan fingerprint density at radius 1 is 0.895 bits per heavy atom. The number of allylic oxidation sites excluding steroid dienone is 6. The number of nitrogens with one attached hydrogen (secondary N) is 1. The lowest BCUT2D eigenvalue weighted by Gasteiger charge is -2.34. The van der Waals surface area contributed by atoms with Crippen LogP contribution in [0, 0.1) is 5.92 Å². The zero-order valence-electron chi connectivity index (χ0n) is 22.5. The highest BCUT2D eigenvalue weighted by Gasteiger charge is 2.45. The number of nitrogens with zero attached hydrogens (tertiary/aromatic N) is 1. The Bertz CT molecular complexity index is 1660. The maximum absolute atomic E-state index is 4.62. The van der Waals surface area contributed by atoms with E-state index in [-0.39, 0.29) is 5.41 Å². The van der Waals surface area contributed by atoms with Crippen LogP contribution in [0.4, 0.5) is 5.69 Å². The molecule has 190 valence electrons. The first kappa shape index (κ1) is 23.3. The monoisotopic (exact) mass is 496 g/mol. The van der Waals surface area contributed by atoms with Gasteiger partial charge in [0.25, 0.3) is 0 Å². The van der Waals surface area contributed by atoms with Crippen molar-refractivity contribution in [2.75, 3.05) is 5.32 Å². The highest BCUT2D eigenvalue weighted by atomic mass is 15.0. The van der Waals surface area contributed by atoms with Gasteiger partial charge in [0.05, 0.1) is 11.0 Å². The molecule has 38 heavy (non-hydrogen) atoms. The summed E-state index contributed by atoms with van der Waals surface area (Å²) in [6.45, 7) is 9.52. The van der Waals surface area contributed by atoms with Gasteiger partial charge in [-0.15, -0.1) is 0 Å². The topological polar surface area (TPSA) is 17.0 Å². The number of rotatable bonds is 3. The summed E-state index contributed by atoms with van der Waals surface area (Å²) in [5.74, 6) is 0.558. The molecule has 3 aliphatic rings. The van der Waals surface area contributed by atoms with E-state index in [0.29, 0.717) is 12.0 Å². The van der Waals surface area contributed by atoms with Gasteiger partial charge >= 0.3 is 0 Å². The molecule has 0 bridgehead atoms. The highest BCUT2D eigenvalue weighted by molar-refractivity contribution is 6.13. The van der Waals surface area contributed by atoms with E-state index in [1.807, 2.05) is 0 Å². The van der Waals surface area contributed by atoms with Crippen molar-refractivity contribution >= 4 is 38.8 Å². The molecule has 2 heteroatoms. The molecular weight excluding hydrogens is 460 g/mol. The zero-order valence-corrected chi connectivity index (χ0v) is 22.5. The standard InChI is InChI=1S/C36H36N2/c1-24-18-19-26(25-12-6-4-7-13-25)20-23-31(24)38-32-17-11-10-16-28(32)29-21-22-30-33(34(29)38)36(2,3)35(37-30)27-14-8-5-9-15-27/h4,6-8,10-14,16-17,20-23,27,35,37H,1,5,9,15,18-19H2,2-3H3. The molecule has 3 aromatic carbocycles. The second-order valence-electron chi connectivity index (χ2n) is 11.8. The van der Waals surface area contributed by atoms with Gasteiger partial charge in [-0.25, -0.2) is 0 Å². The lowest BCUT2D eigenvalue weighted by molar-refractivity contribution is 0.354. The molecule has 2 aliphatic carbocycles. The Balaban J connectivity index is 1.47. The first-order chi connectivity index (χ1) is 18.5. The van der Waals surface area contributed by atoms with E-state index in [1.54, 1.807) is 0 Å². The maximum atomic E-state index is 4.62. The summed E-state index contributed by atoms with van der Waals surface area (Å²) in [5.41, 5.74) is 10.4. The highest BCUT2D eigenvalue weighted by Crippen LogP contribution is 2.51. The summed E-state index contributed by atoms with van der Waals surface area (Å²) >= 11 is 0. The summed E-state index contributed by atoms with van der Waals surface area (Å²) < 4.78 is 2.53. The molecule has 4 aromatic rings. The number of para-hydroxylation sites is 1. The Morgan fingerprint density at radius 2 is 1.71 bits per heavy atom. The molecule has 0 saturated heterocycles. The largest absolute Gasteiger partial charge is 0.381 e. The van der Waals surface area contributed by atoms with Crippen molar-refractivity contribution in [2.24, 2.45) is 5.92 Å². The average Bonchev–Trinajstić information content (AvgIpc) is 3.33. The van der Waals surface area contributed by atoms with Gasteiger partial charge in [-0.3, -0.25) is 0 Å². The van der Waals surface area contributed by atoms with Crippen LogP contribution in [0.2, 0.25) is 0 Å². The smallest absolute Gasteiger partial charge is 0.0600 e. The second-order valence-corrected chi connectivity index (χ2v) is 11.8. The van der Waals surface area contributed by atoms with Gasteiger partial charge < -0.3 is 9.88 Å². The number of hydrogen-bond acceptors (Lipinski definition) is 1. The molecule has 2 unspecified atom stereocenters. The third kappa shape index (κ3) is 3.54. The van der Waals surface area contributed by atoms with E-state index in [0.717, 1.165) is 12.8 Å². The molecule has 1 aliphatic heterocycles. The summed E-state index contributed by atoms with van der Waals surface area (Å²) in [5, 5.41) is 6.64. The molecule has 0 spiro atoms. The number of fused-ring (bicyclic) bond motifs is 5. The van der Waals surface area contributed by atoms with Crippen LogP contribution in [-0.4, -0.2) is 10.6 Å². The lowest BCUT2D eigenvalue weighted by atomic mass is 9.72. The molecule has 7 rings (SSSR count). The van der Waals surface area contributed by atoms with Crippen LogP contribution in [0.3, 0.4) is 0 Å². The molecule has 0 amide bonds. The van der Waals surface area contributed by atoms with Crippen LogP contribution in [0.25, 0.3) is 33.1 Å². The third-order valence-corrected chi connectivity index (χ3v) is 9.18. The third-order valence-electron chi connectivity index (χ3n) is 9.18. The summed E-state index contributed by atoms with van der Waals surface area (Å²) in [6.07, 6.45) is 15.2. The van der Waals surface area contributed by atoms with Crippen molar-refractivity contribution in [3.63, 3.8) is 0 Å². The normalized spacial score (nSPS) is 22.6. The van der Waals surface area contributed by atoms with Crippen molar-refractivity contribution < 1.29 is 0 Å². The van der Waals surface area contributed by atoms with Crippen LogP contribution in [0.15, 0.2) is 103 Å². The van der Waals surface area contributed by atoms with Gasteiger partial charge in [0.2, 0.25) is 0 Å². The Kier molecular flexibility index (Phi) is 5.47. The summed E-state index contributed by atoms with van der Waals surface area (Å²) in [4.78, 5) is 0. The number of aromatic nitrogens is 1. The number of benzene rings is 3. The van der Waals surface area contributed by atoms with E-state index >= 15 is 0 Å². The van der Waals surface area contributed by atoms with Crippen molar-refractivity contribution in [3.05, 3.63) is 114 Å². The number of anilines is 1. The second kappa shape index (κ2) is 8.91. The average molecular weight is 497 g/mol. The molecular formula is C36H36N2. The molecule has 0 radical (unpaired) electrons. The quantitative estimate of drug-likeness (QED) is 0.279. The zero-order chi connectivity index (χ0) is 25.9. The van der Waals surface area contributed by atoms with Gasteiger partial charge in [-0.2, -0.15) is 0 Å². The van der Waals surface area contributed by atoms with Crippen molar-refractivity contribution in [1.82, 2.24) is 4.57 Å². The Labute approximate surface area is 226 Å². The predicted octanol–water partition coefficient (Wildman–Crippen LogP) is 9.50. The van der Waals surface area contributed by atoms with Crippen LogP contribution in [0.1, 0.15) is 57.1 Å². The van der Waals surface area contributed by atoms with Crippen molar-refractivity contribution in [1.29, 1.82) is 0 Å². The predicted molar refractivity (Wildman–Crippen MR) is 163 cm³/mol. The van der Waals surface area contributed by atoms with Crippen LogP contribution in [-0.2, 0) is 5.41 Å². The van der Waals surface area contributed by atoms with E-state index in [4.69, 9.17) is 0 Å². The van der Waals surface area contributed by atoms with Gasteiger partial charge in [0.1, 0.15) is 0 Å². The minimum Gasteiger partial charge on any atom is -0.381 e. The van der Waals surface area contributed by atoms with Gasteiger partial charge in [0, 0.05) is 39.2 Å². The van der Waals surface area contributed by atoms with E-state index in [9.17, 15) is 0 Å². The summed E-state index contributed by atoms with van der Waals surface area (Å²) in [7, 11) is 0. The van der Waals surface area contributed by atoms with Crippen molar-refractivity contribution in [3.8, 4) is 0 Å². The first-order valence-corrected chi connectivity index (χ1v) is 14.2. The van der Waals surface area contributed by atoms with Gasteiger partial charge in [0.15, 0.2) is 0 Å². The fraction of sp³-hybridized carbons (Fsp3) is 0.278. The van der Waals surface area contributed by atoms with Crippen LogP contribution >= 0.6 is 0 Å². The lowest BCUT2D eigenvalue weighted by Crippen LogP contribution is -2.39. The fourth-order valence-corrected chi connectivity index (χ4v) is 7.26. The van der Waals surface area contributed by atoms with Crippen LogP contribution < -0.4 is 5.32 Å². The maximum Gasteiger partial charge on any atom is 0.0600 e. The molecule has 2 nitrogen and oxygen atoms in total. The fourth-order valence-electron chi connectivity index (χ4n) is 7.26. The van der Waals surface area contributed by atoms with E-state index < -0.39 is 0 Å². The van der Waals surface area contributed by atoms with E-state index in [2.05, 4.69) is 121 Å². The molecule has 0 fully saturated rings. The first-order valence-electron chi connectivity index (χ1n) is 14.2. The van der Waals surface area contributed by atoms with E-state index in [1.165, 1.54) is 74.7 Å². The minimum absolute atomic E-state index is 0.00895.